The summed E-state index contributed by atoms with van der Waals surface area (Å²) in [5.74, 6) is 0.362. The Bertz CT molecular complexity index is 351. The van der Waals surface area contributed by atoms with Crippen molar-refractivity contribution in [2.24, 2.45) is 0 Å². The van der Waals surface area contributed by atoms with Gasteiger partial charge in [-0.2, -0.15) is 5.10 Å². The minimum atomic E-state index is -0.184. The third-order valence-corrected chi connectivity index (χ3v) is 3.07. The summed E-state index contributed by atoms with van der Waals surface area (Å²) in [6, 6.07) is 1.98. The van der Waals surface area contributed by atoms with Gasteiger partial charge >= 0.3 is 6.09 Å². The minimum absolute atomic E-state index is 0.184. The number of nitrogens with one attached hydrogen (secondary N) is 1. The van der Waals surface area contributed by atoms with E-state index in [1.165, 1.54) is 0 Å². The number of aromatic amines is 1. The van der Waals surface area contributed by atoms with Crippen LogP contribution >= 0.6 is 0 Å². The van der Waals surface area contributed by atoms with Crippen molar-refractivity contribution in [1.29, 1.82) is 0 Å². The molecule has 1 N–H and O–H groups in total. The Morgan fingerprint density at radius 1 is 1.71 bits per heavy atom. The Labute approximate surface area is 101 Å². The molecule has 2 rings (SSSR count). The quantitative estimate of drug-likeness (QED) is 0.876. The molecule has 0 saturated carbocycles. The Morgan fingerprint density at radius 2 is 2.59 bits per heavy atom. The fourth-order valence-electron chi connectivity index (χ4n) is 2.17. The van der Waals surface area contributed by atoms with Crippen molar-refractivity contribution < 1.29 is 9.53 Å². The van der Waals surface area contributed by atoms with Gasteiger partial charge in [-0.1, -0.05) is 6.92 Å². The summed E-state index contributed by atoms with van der Waals surface area (Å²) in [7, 11) is 0. The Kier molecular flexibility index (Phi) is 4.01. The van der Waals surface area contributed by atoms with Crippen LogP contribution in [0.3, 0.4) is 0 Å². The predicted molar refractivity (Wildman–Crippen MR) is 63.8 cm³/mol. The Balaban J connectivity index is 1.90. The average Bonchev–Trinajstić information content (AvgIpc) is 2.90. The maximum atomic E-state index is 11.8. The first kappa shape index (κ1) is 12.0. The molecule has 1 aliphatic heterocycles. The number of hydrogen-bond acceptors (Lipinski definition) is 3. The van der Waals surface area contributed by atoms with E-state index < -0.39 is 0 Å². The molecule has 0 aliphatic carbocycles. The molecule has 1 saturated heterocycles. The van der Waals surface area contributed by atoms with Gasteiger partial charge in [-0.15, -0.1) is 0 Å². The number of rotatable bonds is 3. The Hall–Kier alpha value is -1.52. The number of piperidine rings is 1. The molecule has 0 bridgehead atoms. The fraction of sp³-hybridized carbons (Fsp3) is 0.667. The highest BCUT2D eigenvalue weighted by molar-refractivity contribution is 5.67. The van der Waals surface area contributed by atoms with E-state index in [-0.39, 0.29) is 6.09 Å². The highest BCUT2D eigenvalue weighted by Gasteiger charge is 2.26. The first-order valence-electron chi connectivity index (χ1n) is 6.22. The second kappa shape index (κ2) is 5.70. The molecule has 1 aromatic heterocycles. The fourth-order valence-corrected chi connectivity index (χ4v) is 2.17. The smallest absolute Gasteiger partial charge is 0.409 e. The van der Waals surface area contributed by atoms with Gasteiger partial charge in [-0.3, -0.25) is 5.10 Å². The molecule has 94 valence electrons. The van der Waals surface area contributed by atoms with Crippen LogP contribution < -0.4 is 0 Å². The van der Waals surface area contributed by atoms with Crippen molar-refractivity contribution in [1.82, 2.24) is 15.1 Å². The summed E-state index contributed by atoms with van der Waals surface area (Å²) in [5, 5.41) is 6.94. The zero-order valence-corrected chi connectivity index (χ0v) is 10.2. The lowest BCUT2D eigenvalue weighted by Crippen LogP contribution is -2.39. The number of nitrogens with zero attached hydrogens (tertiary/aromatic N) is 2. The number of ether oxygens (including phenoxy) is 1. The van der Waals surface area contributed by atoms with Crippen LogP contribution in [0.4, 0.5) is 4.79 Å². The first-order valence-corrected chi connectivity index (χ1v) is 6.22. The number of carbonyl (C=O) groups excluding carboxylic acids is 1. The van der Waals surface area contributed by atoms with Crippen molar-refractivity contribution in [2.45, 2.75) is 32.1 Å². The van der Waals surface area contributed by atoms with Gasteiger partial charge in [0.1, 0.15) is 0 Å². The number of likely N-dealkylation sites (tertiary alicyclic amines) is 1. The molecule has 0 aromatic carbocycles. The van der Waals surface area contributed by atoms with Crippen LogP contribution in [0.15, 0.2) is 12.3 Å². The summed E-state index contributed by atoms with van der Waals surface area (Å²) in [5.41, 5.74) is 1.11. The normalized spacial score (nSPS) is 20.3. The van der Waals surface area contributed by atoms with Crippen LogP contribution in [-0.2, 0) is 4.74 Å². The van der Waals surface area contributed by atoms with Gasteiger partial charge in [0.05, 0.1) is 6.61 Å². The van der Waals surface area contributed by atoms with Crippen LogP contribution in [0.2, 0.25) is 0 Å². The van der Waals surface area contributed by atoms with E-state index in [4.69, 9.17) is 4.74 Å². The maximum absolute atomic E-state index is 11.8. The molecule has 1 amide bonds. The van der Waals surface area contributed by atoms with Crippen LogP contribution in [-0.4, -0.2) is 40.9 Å². The average molecular weight is 237 g/mol. The highest BCUT2D eigenvalue weighted by Crippen LogP contribution is 2.25. The van der Waals surface area contributed by atoms with Crippen molar-refractivity contribution in [2.75, 3.05) is 19.7 Å². The lowest BCUT2D eigenvalue weighted by Gasteiger charge is -2.31. The van der Waals surface area contributed by atoms with E-state index in [0.717, 1.165) is 38.0 Å². The van der Waals surface area contributed by atoms with Crippen LogP contribution in [0.1, 0.15) is 37.8 Å². The SMILES string of the molecule is CCCOC(=O)N1CCCC(c2ccn[nH]2)C1. The largest absolute Gasteiger partial charge is 0.449 e. The van der Waals surface area contributed by atoms with Gasteiger partial charge in [0.25, 0.3) is 0 Å². The molecule has 1 unspecified atom stereocenters. The zero-order valence-electron chi connectivity index (χ0n) is 10.2. The van der Waals surface area contributed by atoms with Crippen molar-refractivity contribution in [3.8, 4) is 0 Å². The van der Waals surface area contributed by atoms with Crippen molar-refractivity contribution in [3.05, 3.63) is 18.0 Å². The predicted octanol–water partition coefficient (Wildman–Crippen LogP) is 2.14. The monoisotopic (exact) mass is 237 g/mol. The van der Waals surface area contributed by atoms with E-state index in [1.807, 2.05) is 13.0 Å². The summed E-state index contributed by atoms with van der Waals surface area (Å²) in [4.78, 5) is 13.5. The molecular weight excluding hydrogens is 218 g/mol. The van der Waals surface area contributed by atoms with Crippen molar-refractivity contribution in [3.63, 3.8) is 0 Å². The van der Waals surface area contributed by atoms with Gasteiger partial charge in [0.15, 0.2) is 0 Å². The summed E-state index contributed by atoms with van der Waals surface area (Å²) in [6.07, 6.45) is 4.55. The molecule has 1 aromatic rings. The highest BCUT2D eigenvalue weighted by atomic mass is 16.6. The van der Waals surface area contributed by atoms with Gasteiger partial charge in [0.2, 0.25) is 0 Å². The van der Waals surface area contributed by atoms with Crippen molar-refractivity contribution >= 4 is 6.09 Å². The van der Waals surface area contributed by atoms with E-state index in [2.05, 4.69) is 10.2 Å². The van der Waals surface area contributed by atoms with E-state index >= 15 is 0 Å². The van der Waals surface area contributed by atoms with Gasteiger partial charge in [-0.25, -0.2) is 4.79 Å². The van der Waals surface area contributed by atoms with Gasteiger partial charge < -0.3 is 9.64 Å². The summed E-state index contributed by atoms with van der Waals surface area (Å²) < 4.78 is 5.16. The molecule has 2 heterocycles. The zero-order chi connectivity index (χ0) is 12.1. The molecule has 1 aliphatic rings. The van der Waals surface area contributed by atoms with Gasteiger partial charge in [-0.05, 0) is 25.3 Å². The number of H-pyrrole nitrogens is 1. The van der Waals surface area contributed by atoms with E-state index in [1.54, 1.807) is 11.1 Å². The standard InChI is InChI=1S/C12H19N3O2/c1-2-8-17-12(16)15-7-3-4-10(9-15)11-5-6-13-14-11/h5-6,10H,2-4,7-9H2,1H3,(H,13,14). The number of carbonyl (C=O) groups is 1. The lowest BCUT2D eigenvalue weighted by atomic mass is 9.95. The summed E-state index contributed by atoms with van der Waals surface area (Å²) in [6.45, 7) is 4.03. The third kappa shape index (κ3) is 2.99. The number of amides is 1. The second-order valence-electron chi connectivity index (χ2n) is 4.41. The molecule has 5 nitrogen and oxygen atoms in total. The molecular formula is C12H19N3O2. The van der Waals surface area contributed by atoms with E-state index in [9.17, 15) is 4.79 Å². The summed E-state index contributed by atoms with van der Waals surface area (Å²) >= 11 is 0. The lowest BCUT2D eigenvalue weighted by molar-refractivity contribution is 0.0913. The molecule has 1 fully saturated rings. The maximum Gasteiger partial charge on any atom is 0.409 e. The third-order valence-electron chi connectivity index (χ3n) is 3.07. The van der Waals surface area contributed by atoms with Crippen LogP contribution in [0, 0.1) is 0 Å². The molecule has 5 heteroatoms. The topological polar surface area (TPSA) is 58.2 Å². The number of hydrogen-bond donors (Lipinski definition) is 1. The molecule has 1 atom stereocenters. The molecule has 0 spiro atoms. The molecule has 0 radical (unpaired) electrons. The minimum Gasteiger partial charge on any atom is -0.449 e. The van der Waals surface area contributed by atoms with E-state index in [0.29, 0.717) is 12.5 Å². The van der Waals surface area contributed by atoms with Gasteiger partial charge in [0, 0.05) is 30.9 Å². The second-order valence-corrected chi connectivity index (χ2v) is 4.41. The number of aromatic nitrogens is 2. The first-order chi connectivity index (χ1) is 8.31. The Morgan fingerprint density at radius 3 is 3.29 bits per heavy atom. The molecule has 17 heavy (non-hydrogen) atoms. The van der Waals surface area contributed by atoms with Crippen LogP contribution in [0.5, 0.6) is 0 Å². The van der Waals surface area contributed by atoms with Crippen LogP contribution in [0.25, 0.3) is 0 Å².